The zero-order chi connectivity index (χ0) is 11.0. The summed E-state index contributed by atoms with van der Waals surface area (Å²) in [5.74, 6) is 0.746. The van der Waals surface area contributed by atoms with Gasteiger partial charge in [0.05, 0.1) is 15.8 Å². The zero-order valence-corrected chi connectivity index (χ0v) is 11.5. The van der Waals surface area contributed by atoms with Crippen LogP contribution in [0.4, 0.5) is 5.82 Å². The number of halogens is 1. The van der Waals surface area contributed by atoms with E-state index in [1.54, 1.807) is 17.5 Å². The summed E-state index contributed by atoms with van der Waals surface area (Å²) in [5.41, 5.74) is 7.26. The number of hydrogen-bond acceptors (Lipinski definition) is 3. The molecule has 0 aromatic carbocycles. The molecule has 1 atom stereocenters. The van der Waals surface area contributed by atoms with Gasteiger partial charge in [0.15, 0.2) is 0 Å². The van der Waals surface area contributed by atoms with Crippen molar-refractivity contribution in [2.75, 3.05) is 5.73 Å². The van der Waals surface area contributed by atoms with Crippen LogP contribution in [0.15, 0.2) is 17.6 Å². The fraction of sp³-hybridized carbons (Fsp3) is 0.300. The molecule has 0 saturated heterocycles. The molecule has 0 fully saturated rings. The Morgan fingerprint density at radius 2 is 2.33 bits per heavy atom. The molecule has 2 N–H and O–H groups in total. The predicted molar refractivity (Wildman–Crippen MR) is 72.2 cm³/mol. The summed E-state index contributed by atoms with van der Waals surface area (Å²) in [6.45, 7) is 4.24. The molecular formula is C10H12IN3S. The van der Waals surface area contributed by atoms with Gasteiger partial charge in [-0.3, -0.25) is 0 Å². The Kier molecular flexibility index (Phi) is 3.01. The van der Waals surface area contributed by atoms with Gasteiger partial charge in [-0.1, -0.05) is 0 Å². The van der Waals surface area contributed by atoms with Gasteiger partial charge in [0.25, 0.3) is 0 Å². The first-order valence-electron chi connectivity index (χ1n) is 4.63. The van der Waals surface area contributed by atoms with E-state index in [4.69, 9.17) is 5.73 Å². The summed E-state index contributed by atoms with van der Waals surface area (Å²) in [7, 11) is 0. The van der Waals surface area contributed by atoms with Gasteiger partial charge in [-0.25, -0.2) is 4.68 Å². The van der Waals surface area contributed by atoms with Crippen LogP contribution in [0.5, 0.6) is 0 Å². The van der Waals surface area contributed by atoms with Crippen molar-refractivity contribution >= 4 is 39.7 Å². The lowest BCUT2D eigenvalue weighted by Crippen LogP contribution is -2.11. The summed E-state index contributed by atoms with van der Waals surface area (Å²) in [4.78, 5) is 1.32. The van der Waals surface area contributed by atoms with E-state index < -0.39 is 0 Å². The number of hydrogen-bond donors (Lipinski definition) is 1. The van der Waals surface area contributed by atoms with Gasteiger partial charge >= 0.3 is 0 Å². The minimum absolute atomic E-state index is 0.216. The van der Waals surface area contributed by atoms with Crippen LogP contribution in [0, 0.1) is 10.5 Å². The molecule has 2 heterocycles. The summed E-state index contributed by atoms with van der Waals surface area (Å²) in [5, 5.41) is 6.41. The number of aromatic nitrogens is 2. The topological polar surface area (TPSA) is 43.8 Å². The Bertz CT molecular complexity index is 475. The van der Waals surface area contributed by atoms with E-state index in [-0.39, 0.29) is 6.04 Å². The van der Waals surface area contributed by atoms with E-state index in [0.29, 0.717) is 0 Å². The third-order valence-electron chi connectivity index (χ3n) is 2.44. The molecule has 0 spiro atoms. The van der Waals surface area contributed by atoms with Crippen LogP contribution in [-0.4, -0.2) is 9.78 Å². The molecule has 0 bridgehead atoms. The first kappa shape index (κ1) is 10.9. The second kappa shape index (κ2) is 4.13. The van der Waals surface area contributed by atoms with E-state index in [1.807, 2.05) is 4.68 Å². The summed E-state index contributed by atoms with van der Waals surface area (Å²) in [6, 6.07) is 2.34. The summed E-state index contributed by atoms with van der Waals surface area (Å²) >= 11 is 3.95. The monoisotopic (exact) mass is 333 g/mol. The van der Waals surface area contributed by atoms with Crippen LogP contribution in [0.3, 0.4) is 0 Å². The molecule has 2 aromatic heterocycles. The van der Waals surface area contributed by atoms with Crippen LogP contribution in [0.2, 0.25) is 0 Å². The highest BCUT2D eigenvalue weighted by molar-refractivity contribution is 14.1. The number of nitrogens with zero attached hydrogens (tertiary/aromatic N) is 2. The fourth-order valence-corrected chi connectivity index (χ4v) is 2.92. The molecule has 0 saturated carbocycles. The molecule has 0 amide bonds. The standard InChI is InChI=1S/C10H12IN3S/c1-6-3-4-15-9(6)7(2)14-10(12)8(11)5-13-14/h3-5,7H,12H2,1-2H3. The third-order valence-corrected chi connectivity index (χ3v) is 4.46. The average Bonchev–Trinajstić information content (AvgIpc) is 2.75. The molecule has 2 aromatic rings. The Hall–Kier alpha value is -0.560. The highest BCUT2D eigenvalue weighted by atomic mass is 127. The van der Waals surface area contributed by atoms with Crippen LogP contribution in [0.25, 0.3) is 0 Å². The summed E-state index contributed by atoms with van der Waals surface area (Å²) in [6.07, 6.45) is 1.80. The maximum atomic E-state index is 5.96. The maximum Gasteiger partial charge on any atom is 0.135 e. The van der Waals surface area contributed by atoms with E-state index in [2.05, 4.69) is 53.0 Å². The number of rotatable bonds is 2. The van der Waals surface area contributed by atoms with Crippen LogP contribution >= 0.6 is 33.9 Å². The fourth-order valence-electron chi connectivity index (χ4n) is 1.58. The third kappa shape index (κ3) is 1.90. The van der Waals surface area contributed by atoms with E-state index in [0.717, 1.165) is 9.39 Å². The highest BCUT2D eigenvalue weighted by Gasteiger charge is 2.16. The number of nitrogens with two attached hydrogens (primary N) is 1. The molecule has 2 rings (SSSR count). The molecule has 0 aliphatic rings. The highest BCUT2D eigenvalue weighted by Crippen LogP contribution is 2.29. The molecule has 5 heteroatoms. The molecule has 0 aliphatic carbocycles. The van der Waals surface area contributed by atoms with Crippen molar-refractivity contribution in [3.05, 3.63) is 31.7 Å². The first-order valence-corrected chi connectivity index (χ1v) is 6.59. The van der Waals surface area contributed by atoms with E-state index >= 15 is 0 Å². The Labute approximate surface area is 106 Å². The zero-order valence-electron chi connectivity index (χ0n) is 8.57. The predicted octanol–water partition coefficient (Wildman–Crippen LogP) is 3.05. The van der Waals surface area contributed by atoms with Crippen molar-refractivity contribution < 1.29 is 0 Å². The van der Waals surface area contributed by atoms with Gasteiger partial charge in [0, 0.05) is 4.88 Å². The summed E-state index contributed by atoms with van der Waals surface area (Å²) < 4.78 is 2.88. The van der Waals surface area contributed by atoms with Crippen molar-refractivity contribution in [1.82, 2.24) is 9.78 Å². The molecule has 80 valence electrons. The quantitative estimate of drug-likeness (QED) is 0.859. The van der Waals surface area contributed by atoms with Gasteiger partial charge in [0.1, 0.15) is 5.82 Å². The SMILES string of the molecule is Cc1ccsc1C(C)n1ncc(I)c1N. The number of aryl methyl sites for hydroxylation is 1. The largest absolute Gasteiger partial charge is 0.383 e. The molecule has 3 nitrogen and oxygen atoms in total. The lowest BCUT2D eigenvalue weighted by atomic mass is 10.2. The lowest BCUT2D eigenvalue weighted by molar-refractivity contribution is 0.579. The van der Waals surface area contributed by atoms with E-state index in [9.17, 15) is 0 Å². The van der Waals surface area contributed by atoms with Crippen LogP contribution in [0.1, 0.15) is 23.4 Å². The van der Waals surface area contributed by atoms with Crippen molar-refractivity contribution in [3.63, 3.8) is 0 Å². The normalized spacial score (nSPS) is 13.0. The molecule has 15 heavy (non-hydrogen) atoms. The van der Waals surface area contributed by atoms with Crippen molar-refractivity contribution in [2.24, 2.45) is 0 Å². The minimum Gasteiger partial charge on any atom is -0.383 e. The Morgan fingerprint density at radius 1 is 1.60 bits per heavy atom. The van der Waals surface area contributed by atoms with Crippen LogP contribution in [-0.2, 0) is 0 Å². The minimum atomic E-state index is 0.216. The Morgan fingerprint density at radius 3 is 2.80 bits per heavy atom. The smallest absolute Gasteiger partial charge is 0.135 e. The van der Waals surface area contributed by atoms with Gasteiger partial charge in [0.2, 0.25) is 0 Å². The van der Waals surface area contributed by atoms with Crippen LogP contribution < -0.4 is 5.73 Å². The molecular weight excluding hydrogens is 321 g/mol. The molecule has 1 unspecified atom stereocenters. The average molecular weight is 333 g/mol. The maximum absolute atomic E-state index is 5.96. The van der Waals surface area contributed by atoms with Gasteiger partial charge in [-0.2, -0.15) is 5.10 Å². The van der Waals surface area contributed by atoms with Gasteiger partial charge in [-0.05, 0) is 53.4 Å². The van der Waals surface area contributed by atoms with Gasteiger partial charge in [-0.15, -0.1) is 11.3 Å². The molecule has 0 aliphatic heterocycles. The number of thiophene rings is 1. The van der Waals surface area contributed by atoms with Gasteiger partial charge < -0.3 is 5.73 Å². The lowest BCUT2D eigenvalue weighted by Gasteiger charge is -2.13. The Balaban J connectivity index is 2.41. The van der Waals surface area contributed by atoms with E-state index in [1.165, 1.54) is 10.4 Å². The first-order chi connectivity index (χ1) is 7.11. The number of nitrogen functional groups attached to an aromatic ring is 1. The van der Waals surface area contributed by atoms with Crippen molar-refractivity contribution in [1.29, 1.82) is 0 Å². The van der Waals surface area contributed by atoms with Crippen molar-refractivity contribution in [3.8, 4) is 0 Å². The number of anilines is 1. The molecule has 0 radical (unpaired) electrons. The second-order valence-electron chi connectivity index (χ2n) is 3.47. The second-order valence-corrected chi connectivity index (χ2v) is 5.58. The van der Waals surface area contributed by atoms with Crippen molar-refractivity contribution in [2.45, 2.75) is 19.9 Å².